The summed E-state index contributed by atoms with van der Waals surface area (Å²) in [6.07, 6.45) is 6.76. The normalized spacial score (nSPS) is 23.8. The number of carbonyl (C=O) groups excluding carboxylic acids is 1. The molecule has 6 heteroatoms. The van der Waals surface area contributed by atoms with Crippen LogP contribution in [0, 0.1) is 6.92 Å². The molecule has 4 rings (SSSR count). The van der Waals surface area contributed by atoms with Gasteiger partial charge >= 0.3 is 0 Å². The van der Waals surface area contributed by atoms with E-state index in [4.69, 9.17) is 0 Å². The summed E-state index contributed by atoms with van der Waals surface area (Å²) in [7, 11) is 0. The summed E-state index contributed by atoms with van der Waals surface area (Å²) in [5.74, 6) is 0.744. The van der Waals surface area contributed by atoms with E-state index in [0.29, 0.717) is 0 Å². The Balaban J connectivity index is 1.91. The van der Waals surface area contributed by atoms with Crippen LogP contribution in [0.5, 0.6) is 0 Å². The molecular weight excluding hydrogens is 266 g/mol. The predicted octanol–water partition coefficient (Wildman–Crippen LogP) is 1.78. The molecule has 0 saturated carbocycles. The Morgan fingerprint density at radius 3 is 3.05 bits per heavy atom. The highest BCUT2D eigenvalue weighted by atomic mass is 16.1. The van der Waals surface area contributed by atoms with Gasteiger partial charge in [-0.2, -0.15) is 5.10 Å². The summed E-state index contributed by atoms with van der Waals surface area (Å²) in [5.41, 5.74) is 4.07. The Bertz CT molecular complexity index is 682. The minimum Gasteiger partial charge on any atom is -0.333 e. The first-order chi connectivity index (χ1) is 10.3. The van der Waals surface area contributed by atoms with Gasteiger partial charge < -0.3 is 4.90 Å². The molecule has 6 nitrogen and oxygen atoms in total. The van der Waals surface area contributed by atoms with Crippen LogP contribution in [-0.4, -0.2) is 37.5 Å². The number of rotatable bonds is 2. The highest BCUT2D eigenvalue weighted by Crippen LogP contribution is 2.42. The number of carbonyl (C=O) groups is 1. The number of aromatic amines is 1. The number of amides is 1. The number of piperidine rings is 1. The van der Waals surface area contributed by atoms with Crippen LogP contribution in [0.4, 0.5) is 0 Å². The largest absolute Gasteiger partial charge is 0.333 e. The van der Waals surface area contributed by atoms with Gasteiger partial charge in [-0.15, -0.1) is 0 Å². The molecule has 2 aliphatic rings. The average molecular weight is 283 g/mol. The van der Waals surface area contributed by atoms with Gasteiger partial charge in [-0.3, -0.25) is 9.89 Å². The molecule has 0 unspecified atom stereocenters. The number of aryl methyl sites for hydroxylation is 1. The van der Waals surface area contributed by atoms with Gasteiger partial charge in [0.15, 0.2) is 0 Å². The summed E-state index contributed by atoms with van der Waals surface area (Å²) in [5, 5.41) is 7.03. The molecule has 21 heavy (non-hydrogen) atoms. The third-order valence-electron chi connectivity index (χ3n) is 4.58. The minimum atomic E-state index is 0.105. The third-order valence-corrected chi connectivity index (χ3v) is 4.58. The van der Waals surface area contributed by atoms with Crippen LogP contribution in [0.25, 0.3) is 11.4 Å². The zero-order valence-electron chi connectivity index (χ0n) is 11.9. The van der Waals surface area contributed by atoms with E-state index in [2.05, 4.69) is 20.2 Å². The molecule has 0 aromatic carbocycles. The van der Waals surface area contributed by atoms with Crippen LogP contribution in [0.15, 0.2) is 12.3 Å². The minimum absolute atomic E-state index is 0.105. The molecule has 1 fully saturated rings. The van der Waals surface area contributed by atoms with Gasteiger partial charge in [0.1, 0.15) is 5.82 Å². The van der Waals surface area contributed by atoms with Crippen molar-refractivity contribution in [1.82, 2.24) is 25.1 Å². The lowest BCUT2D eigenvalue weighted by molar-refractivity contribution is -0.125. The van der Waals surface area contributed by atoms with Crippen LogP contribution in [0.1, 0.15) is 42.4 Å². The first-order valence-corrected chi connectivity index (χ1v) is 7.38. The SMILES string of the molecule is Cc1nc(-c2ccn[nH]2)c2c(n1)[C@H]1CCC[C@@H](C2)N1C=O. The zero-order valence-corrected chi connectivity index (χ0v) is 11.9. The highest BCUT2D eigenvalue weighted by Gasteiger charge is 2.39. The second kappa shape index (κ2) is 4.65. The molecular formula is C15H17N5O. The first kappa shape index (κ1) is 12.5. The van der Waals surface area contributed by atoms with Crippen molar-refractivity contribution in [2.45, 2.75) is 44.7 Å². The van der Waals surface area contributed by atoms with Gasteiger partial charge in [0.2, 0.25) is 6.41 Å². The van der Waals surface area contributed by atoms with Gasteiger partial charge in [0, 0.05) is 17.8 Å². The number of nitrogens with one attached hydrogen (secondary N) is 1. The maximum atomic E-state index is 11.4. The van der Waals surface area contributed by atoms with E-state index in [-0.39, 0.29) is 12.1 Å². The van der Waals surface area contributed by atoms with Crippen molar-refractivity contribution in [3.8, 4) is 11.4 Å². The summed E-state index contributed by atoms with van der Waals surface area (Å²) in [4.78, 5) is 22.7. The molecule has 2 atom stereocenters. The van der Waals surface area contributed by atoms with Crippen molar-refractivity contribution in [3.05, 3.63) is 29.3 Å². The number of hydrogen-bond donors (Lipinski definition) is 1. The van der Waals surface area contributed by atoms with E-state index < -0.39 is 0 Å². The molecule has 4 heterocycles. The topological polar surface area (TPSA) is 74.8 Å². The summed E-state index contributed by atoms with van der Waals surface area (Å²) in [6.45, 7) is 1.90. The smallest absolute Gasteiger partial charge is 0.210 e. The molecule has 0 aliphatic carbocycles. The lowest BCUT2D eigenvalue weighted by atomic mass is 9.82. The fraction of sp³-hybridized carbons (Fsp3) is 0.467. The van der Waals surface area contributed by atoms with Crippen LogP contribution >= 0.6 is 0 Å². The standard InChI is InChI=1S/C15H17N5O/c1-9-17-14(12-5-6-16-19-12)11-7-10-3-2-4-13(15(11)18-9)20(10)8-21/h5-6,8,10,13H,2-4,7H2,1H3,(H,16,19)/t10-,13+/m0/s1. The Kier molecular flexibility index (Phi) is 2.77. The first-order valence-electron chi connectivity index (χ1n) is 7.38. The van der Waals surface area contributed by atoms with Crippen molar-refractivity contribution >= 4 is 6.41 Å². The van der Waals surface area contributed by atoms with E-state index in [1.165, 1.54) is 5.56 Å². The van der Waals surface area contributed by atoms with E-state index in [0.717, 1.165) is 55.0 Å². The molecule has 2 aromatic rings. The van der Waals surface area contributed by atoms with Gasteiger partial charge in [0.05, 0.1) is 23.1 Å². The quantitative estimate of drug-likeness (QED) is 0.853. The van der Waals surface area contributed by atoms with Crippen molar-refractivity contribution in [1.29, 1.82) is 0 Å². The lowest BCUT2D eigenvalue weighted by Crippen LogP contribution is -2.46. The second-order valence-electron chi connectivity index (χ2n) is 5.81. The Morgan fingerprint density at radius 2 is 2.29 bits per heavy atom. The maximum Gasteiger partial charge on any atom is 0.210 e. The Hall–Kier alpha value is -2.24. The molecule has 1 N–H and O–H groups in total. The summed E-state index contributed by atoms with van der Waals surface area (Å²) in [6, 6.07) is 2.32. The Labute approximate surface area is 122 Å². The molecule has 1 saturated heterocycles. The molecule has 1 amide bonds. The summed E-state index contributed by atoms with van der Waals surface area (Å²) >= 11 is 0. The van der Waals surface area contributed by atoms with Crippen molar-refractivity contribution < 1.29 is 4.79 Å². The molecule has 0 spiro atoms. The number of H-pyrrole nitrogens is 1. The summed E-state index contributed by atoms with van der Waals surface area (Å²) < 4.78 is 0. The molecule has 2 aromatic heterocycles. The van der Waals surface area contributed by atoms with Crippen molar-refractivity contribution in [3.63, 3.8) is 0 Å². The molecule has 2 bridgehead atoms. The lowest BCUT2D eigenvalue weighted by Gasteiger charge is -2.44. The zero-order chi connectivity index (χ0) is 14.4. The van der Waals surface area contributed by atoms with Crippen molar-refractivity contribution in [2.24, 2.45) is 0 Å². The van der Waals surface area contributed by atoms with Crippen LogP contribution in [-0.2, 0) is 11.2 Å². The number of nitrogens with zero attached hydrogens (tertiary/aromatic N) is 4. The van der Waals surface area contributed by atoms with Gasteiger partial charge in [-0.1, -0.05) is 0 Å². The van der Waals surface area contributed by atoms with Crippen LogP contribution < -0.4 is 0 Å². The van der Waals surface area contributed by atoms with Crippen LogP contribution in [0.3, 0.4) is 0 Å². The van der Waals surface area contributed by atoms with Gasteiger partial charge in [0.25, 0.3) is 0 Å². The maximum absolute atomic E-state index is 11.4. The fourth-order valence-corrected chi connectivity index (χ4v) is 3.68. The van der Waals surface area contributed by atoms with E-state index in [1.54, 1.807) is 6.20 Å². The highest BCUT2D eigenvalue weighted by molar-refractivity contribution is 5.62. The third kappa shape index (κ3) is 1.86. The van der Waals surface area contributed by atoms with Crippen molar-refractivity contribution in [2.75, 3.05) is 0 Å². The Morgan fingerprint density at radius 1 is 1.38 bits per heavy atom. The molecule has 0 radical (unpaired) electrons. The van der Waals surface area contributed by atoms with Gasteiger partial charge in [-0.25, -0.2) is 9.97 Å². The second-order valence-corrected chi connectivity index (χ2v) is 5.81. The number of fused-ring (bicyclic) bond motifs is 4. The average Bonchev–Trinajstić information content (AvgIpc) is 3.01. The van der Waals surface area contributed by atoms with E-state index >= 15 is 0 Å². The number of hydrogen-bond acceptors (Lipinski definition) is 4. The van der Waals surface area contributed by atoms with E-state index in [1.807, 2.05) is 17.9 Å². The van der Waals surface area contributed by atoms with Crippen LogP contribution in [0.2, 0.25) is 0 Å². The number of aromatic nitrogens is 4. The van der Waals surface area contributed by atoms with Gasteiger partial charge in [-0.05, 0) is 38.7 Å². The monoisotopic (exact) mass is 283 g/mol. The predicted molar refractivity (Wildman–Crippen MR) is 76.3 cm³/mol. The molecule has 2 aliphatic heterocycles. The molecule has 108 valence electrons. The van der Waals surface area contributed by atoms with E-state index in [9.17, 15) is 4.79 Å². The fourth-order valence-electron chi connectivity index (χ4n) is 3.68.